The molecule has 0 aliphatic rings. The number of rotatable bonds is 3. The van der Waals surface area contributed by atoms with E-state index in [0.717, 1.165) is 0 Å². The molecule has 0 spiro atoms. The first-order valence-electron chi connectivity index (χ1n) is 5.02. The van der Waals surface area contributed by atoms with Gasteiger partial charge in [-0.15, -0.1) is 0 Å². The molecule has 7 heteroatoms. The van der Waals surface area contributed by atoms with Crippen LogP contribution in [0.3, 0.4) is 0 Å². The van der Waals surface area contributed by atoms with Gasteiger partial charge in [-0.2, -0.15) is 0 Å². The van der Waals surface area contributed by atoms with Gasteiger partial charge in [0.05, 0.1) is 5.56 Å². The summed E-state index contributed by atoms with van der Waals surface area (Å²) in [6.07, 6.45) is 3.05. The fourth-order valence-corrected chi connectivity index (χ4v) is 1.77. The molecule has 0 aliphatic heterocycles. The monoisotopic (exact) mass is 337 g/mol. The molecule has 19 heavy (non-hydrogen) atoms. The van der Waals surface area contributed by atoms with Crippen molar-refractivity contribution in [2.24, 2.45) is 5.10 Å². The van der Waals surface area contributed by atoms with Crippen LogP contribution in [0.15, 0.2) is 41.6 Å². The minimum atomic E-state index is 0. The van der Waals surface area contributed by atoms with Gasteiger partial charge in [-0.05, 0) is 18.0 Å². The van der Waals surface area contributed by atoms with E-state index in [-0.39, 0.29) is 27.8 Å². The Morgan fingerprint density at radius 2 is 2.05 bits per heavy atom. The summed E-state index contributed by atoms with van der Waals surface area (Å²) in [5, 5.41) is 12.3. The maximum atomic E-state index is 7.74. The number of benzene rings is 1. The van der Waals surface area contributed by atoms with Crippen LogP contribution in [0, 0.1) is 0 Å². The number of pyridine rings is 1. The van der Waals surface area contributed by atoms with Gasteiger partial charge >= 0.3 is 17.1 Å². The maximum Gasteiger partial charge on any atom is 3.00 e. The summed E-state index contributed by atoms with van der Waals surface area (Å²) < 4.78 is 0. The van der Waals surface area contributed by atoms with Gasteiger partial charge in [-0.1, -0.05) is 47.6 Å². The largest absolute Gasteiger partial charge is 3.00 e. The number of hydrogen-bond donors (Lipinski definition) is 0. The van der Waals surface area contributed by atoms with Gasteiger partial charge in [-0.25, -0.2) is 0 Å². The van der Waals surface area contributed by atoms with Crippen LogP contribution in [0.5, 0.6) is 5.75 Å². The normalized spacial score (nSPS) is 10.2. The van der Waals surface area contributed by atoms with E-state index in [1.165, 1.54) is 12.3 Å². The fourth-order valence-electron chi connectivity index (χ4n) is 1.26. The molecule has 97 valence electrons. The molecule has 0 unspecified atom stereocenters. The Morgan fingerprint density at radius 3 is 2.74 bits per heavy atom. The van der Waals surface area contributed by atoms with Crippen molar-refractivity contribution in [1.29, 1.82) is 0 Å². The summed E-state index contributed by atoms with van der Waals surface area (Å²) in [5.74, 6) is 0.662. The van der Waals surface area contributed by atoms with E-state index in [1.54, 1.807) is 24.4 Å². The molecule has 4 nitrogen and oxygen atoms in total. The third-order valence-electron chi connectivity index (χ3n) is 2.09. The third-order valence-corrected chi connectivity index (χ3v) is 2.61. The summed E-state index contributed by atoms with van der Waals surface area (Å²) in [7, 11) is 0. The molecule has 0 atom stereocenters. The number of halogens is 2. The van der Waals surface area contributed by atoms with E-state index >= 15 is 0 Å². The molecule has 1 aromatic heterocycles. The Hall–Kier alpha value is -1.26. The molecule has 0 aliphatic carbocycles. The average Bonchev–Trinajstić information content (AvgIpc) is 2.36. The molecule has 2 rings (SSSR count). The van der Waals surface area contributed by atoms with E-state index in [4.69, 9.17) is 28.3 Å². The predicted octanol–water partition coefficient (Wildman–Crippen LogP) is 3.86. The van der Waals surface area contributed by atoms with Crippen LogP contribution in [-0.4, -0.2) is 16.3 Å². The molecule has 0 saturated heterocycles. The second kappa shape index (κ2) is 7.36. The zero-order chi connectivity index (χ0) is 13.0. The van der Waals surface area contributed by atoms with Crippen LogP contribution in [0.1, 0.15) is 5.56 Å². The van der Waals surface area contributed by atoms with E-state index < -0.39 is 0 Å². The van der Waals surface area contributed by atoms with E-state index in [2.05, 4.69) is 15.5 Å². The second-order valence-corrected chi connectivity index (χ2v) is 4.23. The van der Waals surface area contributed by atoms with Crippen molar-refractivity contribution in [1.82, 2.24) is 4.98 Å². The molecule has 0 bridgehead atoms. The summed E-state index contributed by atoms with van der Waals surface area (Å²) in [4.78, 5) is 3.99. The van der Waals surface area contributed by atoms with Crippen molar-refractivity contribution in [3.05, 3.63) is 57.6 Å². The number of nitrogens with zero attached hydrogens (tertiary/aromatic N) is 3. The Labute approximate surface area is 130 Å². The molecule has 1 radical (unpaired) electrons. The maximum absolute atomic E-state index is 7.74. The molecule has 2 N–H and O–H groups in total. The molecule has 0 saturated carbocycles. The van der Waals surface area contributed by atoms with E-state index in [9.17, 15) is 0 Å². The van der Waals surface area contributed by atoms with Crippen LogP contribution in [0.2, 0.25) is 10.0 Å². The van der Waals surface area contributed by atoms with Crippen molar-refractivity contribution in [2.75, 3.05) is 0 Å². The van der Waals surface area contributed by atoms with Crippen molar-refractivity contribution >= 4 is 35.2 Å². The molecular weight excluding hydrogens is 329 g/mol. The minimum absolute atomic E-state index is 0. The van der Waals surface area contributed by atoms with Crippen molar-refractivity contribution in [2.45, 2.75) is 0 Å². The Bertz CT molecular complexity index is 579. The summed E-state index contributed by atoms with van der Waals surface area (Å²) in [6.45, 7) is 0. The SMILES string of the molecule is [Fe+3].[OH2+]c1c(Cl)cc(Cl)cc1C=N[N-]c1ccccn1. The predicted molar refractivity (Wildman–Crippen MR) is 74.4 cm³/mol. The quantitative estimate of drug-likeness (QED) is 0.363. The molecule has 2 aromatic rings. The first-order valence-corrected chi connectivity index (χ1v) is 5.78. The molecule has 0 fully saturated rings. The molecule has 1 aromatic carbocycles. The van der Waals surface area contributed by atoms with Crippen LogP contribution < -0.4 is 0 Å². The van der Waals surface area contributed by atoms with E-state index in [1.807, 2.05) is 6.07 Å². The molecule has 0 amide bonds. The van der Waals surface area contributed by atoms with Gasteiger partial charge in [0.15, 0.2) is 0 Å². The van der Waals surface area contributed by atoms with E-state index in [0.29, 0.717) is 16.4 Å². The summed E-state index contributed by atoms with van der Waals surface area (Å²) in [6, 6.07) is 8.45. The van der Waals surface area contributed by atoms with Gasteiger partial charge in [-0.3, -0.25) is 5.10 Å². The smallest absolute Gasteiger partial charge is 0.592 e. The minimum Gasteiger partial charge on any atom is -0.592 e. The van der Waals surface area contributed by atoms with Gasteiger partial charge in [0, 0.05) is 11.2 Å². The standard InChI is InChI=1S/C12H8Cl2N3O.Fe/c13-9-5-8(12(18)10(14)6-9)7-16-17-11-3-1-2-4-15-11;/h1-7H,(H-,15,16,17,18);/q-1;+3/p+1. The Morgan fingerprint density at radius 1 is 1.26 bits per heavy atom. The zero-order valence-corrected chi connectivity index (χ0v) is 12.1. The second-order valence-electron chi connectivity index (χ2n) is 3.38. The van der Waals surface area contributed by atoms with Crippen molar-refractivity contribution in [3.8, 4) is 5.75 Å². The summed E-state index contributed by atoms with van der Waals surface area (Å²) in [5.41, 5.74) is 4.40. The van der Waals surface area contributed by atoms with Crippen molar-refractivity contribution in [3.63, 3.8) is 0 Å². The Kier molecular flexibility index (Phi) is 6.12. The van der Waals surface area contributed by atoms with Gasteiger partial charge in [0.2, 0.25) is 0 Å². The third kappa shape index (κ3) is 4.40. The van der Waals surface area contributed by atoms with Gasteiger partial charge < -0.3 is 15.5 Å². The topological polar surface area (TPSA) is 62.2 Å². The molecular formula is C12H9Cl2FeN3O+3. The molecule has 1 heterocycles. The van der Waals surface area contributed by atoms with Crippen LogP contribution >= 0.6 is 23.2 Å². The Balaban J connectivity index is 0.00000180. The van der Waals surface area contributed by atoms with Crippen LogP contribution in [-0.2, 0) is 17.1 Å². The van der Waals surface area contributed by atoms with Gasteiger partial charge in [0.25, 0.3) is 5.75 Å². The number of aromatic nitrogens is 1. The average molecular weight is 338 g/mol. The first kappa shape index (κ1) is 15.8. The van der Waals surface area contributed by atoms with Crippen LogP contribution in [0.4, 0.5) is 5.82 Å². The van der Waals surface area contributed by atoms with Crippen molar-refractivity contribution < 1.29 is 22.2 Å². The first-order chi connectivity index (χ1) is 8.66. The fraction of sp³-hybridized carbons (Fsp3) is 0. The summed E-state index contributed by atoms with van der Waals surface area (Å²) >= 11 is 11.7. The zero-order valence-electron chi connectivity index (χ0n) is 9.49. The number of hydrogen-bond acceptors (Lipinski definition) is 2. The van der Waals surface area contributed by atoms with Crippen LogP contribution in [0.25, 0.3) is 5.43 Å². The van der Waals surface area contributed by atoms with Gasteiger partial charge in [0.1, 0.15) is 5.02 Å².